The summed E-state index contributed by atoms with van der Waals surface area (Å²) in [6.45, 7) is 4.23. The Kier molecular flexibility index (Phi) is 4.93. The van der Waals surface area contributed by atoms with Crippen LogP contribution >= 0.6 is 0 Å². The molecule has 4 rings (SSSR count). The quantitative estimate of drug-likeness (QED) is 0.690. The third-order valence-corrected chi connectivity index (χ3v) is 4.87. The normalized spacial score (nSPS) is 15.7. The van der Waals surface area contributed by atoms with Gasteiger partial charge in [0.2, 0.25) is 5.95 Å². The average Bonchev–Trinajstić information content (AvgIpc) is 3.16. The van der Waals surface area contributed by atoms with E-state index in [1.165, 1.54) is 6.33 Å². The number of nitrogens with zero attached hydrogens (tertiary/aromatic N) is 3. The number of aromatic nitrogens is 3. The van der Waals surface area contributed by atoms with Gasteiger partial charge in [0.15, 0.2) is 0 Å². The summed E-state index contributed by atoms with van der Waals surface area (Å²) in [6, 6.07) is 17.7. The number of hydrogen-bond acceptors (Lipinski definition) is 5. The molecule has 1 N–H and O–H groups in total. The minimum absolute atomic E-state index is 0.324. The van der Waals surface area contributed by atoms with E-state index in [0.717, 1.165) is 22.4 Å². The molecule has 1 aliphatic heterocycles. The van der Waals surface area contributed by atoms with Crippen LogP contribution in [0.2, 0.25) is 0 Å². The molecule has 0 spiro atoms. The van der Waals surface area contributed by atoms with Gasteiger partial charge in [-0.25, -0.2) is 9.48 Å². The molecule has 0 saturated heterocycles. The standard InChI is InChI=1S/C22H22N4O2/c1-15-8-10-18(11-9-15)20-19(16(2)25-22-23-14-24-26(20)22)21(27)28-13-12-17-6-4-3-5-7-17/h3-11,14,20H,12-13H2,1-2H3,(H,23,24,25)/t20-/m0/s1. The van der Waals surface area contributed by atoms with Crippen molar-refractivity contribution in [2.24, 2.45) is 0 Å². The van der Waals surface area contributed by atoms with Gasteiger partial charge < -0.3 is 10.1 Å². The summed E-state index contributed by atoms with van der Waals surface area (Å²) in [5.41, 5.74) is 4.54. The summed E-state index contributed by atoms with van der Waals surface area (Å²) in [5, 5.41) is 7.49. The number of rotatable bonds is 5. The van der Waals surface area contributed by atoms with E-state index >= 15 is 0 Å². The lowest BCUT2D eigenvalue weighted by Gasteiger charge is -2.28. The van der Waals surface area contributed by atoms with Crippen LogP contribution in [-0.2, 0) is 16.0 Å². The first-order valence-electron chi connectivity index (χ1n) is 9.28. The summed E-state index contributed by atoms with van der Waals surface area (Å²) < 4.78 is 7.35. The van der Waals surface area contributed by atoms with Gasteiger partial charge in [-0.15, -0.1) is 0 Å². The second-order valence-corrected chi connectivity index (χ2v) is 6.88. The van der Waals surface area contributed by atoms with Gasteiger partial charge in [0.1, 0.15) is 12.4 Å². The molecule has 0 bridgehead atoms. The third kappa shape index (κ3) is 3.53. The Balaban J connectivity index is 1.59. The van der Waals surface area contributed by atoms with Crippen LogP contribution in [0.1, 0.15) is 29.7 Å². The summed E-state index contributed by atoms with van der Waals surface area (Å²) in [4.78, 5) is 17.3. The SMILES string of the molecule is CC1=C(C(=O)OCCc2ccccc2)[C@H](c2ccc(C)cc2)n2ncnc2N1. The number of benzene rings is 2. The van der Waals surface area contributed by atoms with Crippen LogP contribution in [0, 0.1) is 6.92 Å². The number of hydrogen-bond donors (Lipinski definition) is 1. The zero-order valence-electron chi connectivity index (χ0n) is 15.9. The van der Waals surface area contributed by atoms with Crippen molar-refractivity contribution >= 4 is 11.9 Å². The van der Waals surface area contributed by atoms with E-state index < -0.39 is 0 Å². The Morgan fingerprint density at radius 1 is 1.11 bits per heavy atom. The first-order chi connectivity index (χ1) is 13.6. The summed E-state index contributed by atoms with van der Waals surface area (Å²) >= 11 is 0. The van der Waals surface area contributed by atoms with Crippen molar-refractivity contribution in [1.29, 1.82) is 0 Å². The number of ether oxygens (including phenoxy) is 1. The molecule has 0 saturated carbocycles. The molecule has 1 atom stereocenters. The molecule has 1 aromatic heterocycles. The van der Waals surface area contributed by atoms with Crippen LogP contribution in [0.15, 0.2) is 72.2 Å². The van der Waals surface area contributed by atoms with E-state index in [-0.39, 0.29) is 12.0 Å². The van der Waals surface area contributed by atoms with Crippen molar-refractivity contribution in [3.8, 4) is 0 Å². The van der Waals surface area contributed by atoms with Crippen molar-refractivity contribution in [2.75, 3.05) is 11.9 Å². The Hall–Kier alpha value is -3.41. The number of aryl methyl sites for hydroxylation is 1. The Morgan fingerprint density at radius 2 is 1.86 bits per heavy atom. The number of anilines is 1. The third-order valence-electron chi connectivity index (χ3n) is 4.87. The number of carbonyl (C=O) groups excluding carboxylic acids is 1. The molecular formula is C22H22N4O2. The topological polar surface area (TPSA) is 69.0 Å². The minimum Gasteiger partial charge on any atom is -0.462 e. The molecule has 1 aliphatic rings. The highest BCUT2D eigenvalue weighted by atomic mass is 16.5. The number of fused-ring (bicyclic) bond motifs is 1. The number of allylic oxidation sites excluding steroid dienone is 1. The van der Waals surface area contributed by atoms with Crippen LogP contribution in [0.25, 0.3) is 0 Å². The largest absolute Gasteiger partial charge is 0.462 e. The van der Waals surface area contributed by atoms with Gasteiger partial charge in [-0.05, 0) is 25.0 Å². The molecule has 6 heteroatoms. The molecule has 0 radical (unpaired) electrons. The fourth-order valence-corrected chi connectivity index (χ4v) is 3.40. The maximum Gasteiger partial charge on any atom is 0.338 e. The van der Waals surface area contributed by atoms with Crippen LogP contribution in [0.4, 0.5) is 5.95 Å². The highest BCUT2D eigenvalue weighted by molar-refractivity contribution is 5.92. The molecule has 2 heterocycles. The molecule has 0 fully saturated rings. The summed E-state index contributed by atoms with van der Waals surface area (Å²) in [5.74, 6) is 0.275. The van der Waals surface area contributed by atoms with E-state index in [4.69, 9.17) is 4.74 Å². The zero-order valence-corrected chi connectivity index (χ0v) is 15.9. The highest BCUT2D eigenvalue weighted by Gasteiger charge is 2.34. The highest BCUT2D eigenvalue weighted by Crippen LogP contribution is 2.35. The van der Waals surface area contributed by atoms with Gasteiger partial charge in [0, 0.05) is 12.1 Å². The van der Waals surface area contributed by atoms with Gasteiger partial charge in [-0.3, -0.25) is 0 Å². The molecule has 28 heavy (non-hydrogen) atoms. The van der Waals surface area contributed by atoms with E-state index in [1.54, 1.807) is 4.68 Å². The van der Waals surface area contributed by atoms with Crippen LogP contribution < -0.4 is 5.32 Å². The van der Waals surface area contributed by atoms with Crippen molar-refractivity contribution in [3.05, 3.63) is 88.9 Å². The Bertz CT molecular complexity index is 1010. The molecular weight excluding hydrogens is 352 g/mol. The minimum atomic E-state index is -0.372. The monoisotopic (exact) mass is 374 g/mol. The predicted octanol–water partition coefficient (Wildman–Crippen LogP) is 3.66. The first-order valence-corrected chi connectivity index (χ1v) is 9.28. The van der Waals surface area contributed by atoms with Crippen LogP contribution in [0.3, 0.4) is 0 Å². The first kappa shape index (κ1) is 18.0. The predicted molar refractivity (Wildman–Crippen MR) is 107 cm³/mol. The average molecular weight is 374 g/mol. The van der Waals surface area contributed by atoms with Crippen molar-refractivity contribution < 1.29 is 9.53 Å². The maximum atomic E-state index is 13.0. The van der Waals surface area contributed by atoms with Gasteiger partial charge in [-0.1, -0.05) is 60.2 Å². The molecule has 3 aromatic rings. The van der Waals surface area contributed by atoms with Gasteiger partial charge in [-0.2, -0.15) is 10.1 Å². The lowest BCUT2D eigenvalue weighted by molar-refractivity contribution is -0.139. The fraction of sp³-hybridized carbons (Fsp3) is 0.227. The van der Waals surface area contributed by atoms with E-state index in [0.29, 0.717) is 24.5 Å². The second-order valence-electron chi connectivity index (χ2n) is 6.88. The van der Waals surface area contributed by atoms with E-state index in [9.17, 15) is 4.79 Å². The Morgan fingerprint density at radius 3 is 2.61 bits per heavy atom. The smallest absolute Gasteiger partial charge is 0.338 e. The van der Waals surface area contributed by atoms with Crippen LogP contribution in [0.5, 0.6) is 0 Å². The lowest BCUT2D eigenvalue weighted by Crippen LogP contribution is -2.30. The zero-order chi connectivity index (χ0) is 19.5. The molecule has 142 valence electrons. The molecule has 6 nitrogen and oxygen atoms in total. The Labute approximate surface area is 163 Å². The second kappa shape index (κ2) is 7.68. The molecule has 0 amide bonds. The number of esters is 1. The molecule has 2 aromatic carbocycles. The van der Waals surface area contributed by atoms with Crippen molar-refractivity contribution in [2.45, 2.75) is 26.3 Å². The van der Waals surface area contributed by atoms with E-state index in [1.807, 2.05) is 68.4 Å². The molecule has 0 aliphatic carbocycles. The number of carbonyl (C=O) groups is 1. The van der Waals surface area contributed by atoms with Gasteiger partial charge >= 0.3 is 5.97 Å². The van der Waals surface area contributed by atoms with Crippen LogP contribution in [-0.4, -0.2) is 27.3 Å². The van der Waals surface area contributed by atoms with Gasteiger partial charge in [0.05, 0.1) is 12.2 Å². The number of nitrogens with one attached hydrogen (secondary N) is 1. The molecule has 0 unspecified atom stereocenters. The lowest BCUT2D eigenvalue weighted by atomic mass is 9.95. The fourth-order valence-electron chi connectivity index (χ4n) is 3.40. The van der Waals surface area contributed by atoms with E-state index in [2.05, 4.69) is 15.4 Å². The van der Waals surface area contributed by atoms with Gasteiger partial charge in [0.25, 0.3) is 0 Å². The summed E-state index contributed by atoms with van der Waals surface area (Å²) in [6.07, 6.45) is 2.16. The maximum absolute atomic E-state index is 13.0. The summed E-state index contributed by atoms with van der Waals surface area (Å²) in [7, 11) is 0. The van der Waals surface area contributed by atoms with Crippen molar-refractivity contribution in [1.82, 2.24) is 14.8 Å². The van der Waals surface area contributed by atoms with Crippen molar-refractivity contribution in [3.63, 3.8) is 0 Å².